The fourth-order valence-corrected chi connectivity index (χ4v) is 2.56. The first-order chi connectivity index (χ1) is 9.10. The first-order valence-electron chi connectivity index (χ1n) is 6.31. The van der Waals surface area contributed by atoms with Crippen molar-refractivity contribution >= 4 is 27.4 Å². The molecule has 1 aromatic heterocycles. The van der Waals surface area contributed by atoms with E-state index in [1.165, 1.54) is 11.1 Å². The molecule has 1 heterocycles. The van der Waals surface area contributed by atoms with Crippen LogP contribution in [0.25, 0.3) is 0 Å². The minimum Gasteiger partial charge on any atom is -0.399 e. The third-order valence-electron chi connectivity index (χ3n) is 3.02. The molecule has 100 valence electrons. The molecule has 19 heavy (non-hydrogen) atoms. The van der Waals surface area contributed by atoms with Crippen LogP contribution >= 0.6 is 15.9 Å². The van der Waals surface area contributed by atoms with E-state index in [9.17, 15) is 0 Å². The molecule has 0 atom stereocenters. The number of pyridine rings is 1. The number of anilines is 2. The lowest BCUT2D eigenvalue weighted by Crippen LogP contribution is -2.24. The molecule has 0 amide bonds. The Hall–Kier alpha value is -1.55. The SMILES string of the molecule is CCN(Cc1cccc(N)c1)c1ncc(Br)cc1C. The lowest BCUT2D eigenvalue weighted by molar-refractivity contribution is 0.808. The highest BCUT2D eigenvalue weighted by atomic mass is 79.9. The molecule has 2 N–H and O–H groups in total. The van der Waals surface area contributed by atoms with E-state index in [2.05, 4.69) is 51.8 Å². The second kappa shape index (κ2) is 6.06. The van der Waals surface area contributed by atoms with E-state index < -0.39 is 0 Å². The topological polar surface area (TPSA) is 42.1 Å². The predicted molar refractivity (Wildman–Crippen MR) is 84.3 cm³/mol. The van der Waals surface area contributed by atoms with Crippen molar-refractivity contribution in [1.82, 2.24) is 4.98 Å². The van der Waals surface area contributed by atoms with Gasteiger partial charge in [-0.3, -0.25) is 0 Å². The van der Waals surface area contributed by atoms with E-state index >= 15 is 0 Å². The number of hydrogen-bond acceptors (Lipinski definition) is 3. The van der Waals surface area contributed by atoms with Gasteiger partial charge in [0.05, 0.1) is 0 Å². The van der Waals surface area contributed by atoms with Crippen molar-refractivity contribution in [2.24, 2.45) is 0 Å². The Morgan fingerprint density at radius 2 is 2.11 bits per heavy atom. The summed E-state index contributed by atoms with van der Waals surface area (Å²) >= 11 is 3.45. The van der Waals surface area contributed by atoms with Crippen molar-refractivity contribution in [3.63, 3.8) is 0 Å². The third kappa shape index (κ3) is 3.47. The van der Waals surface area contributed by atoms with Crippen LogP contribution in [0.5, 0.6) is 0 Å². The summed E-state index contributed by atoms with van der Waals surface area (Å²) < 4.78 is 1.01. The normalized spacial score (nSPS) is 10.5. The maximum absolute atomic E-state index is 5.82. The maximum atomic E-state index is 5.82. The van der Waals surface area contributed by atoms with Crippen LogP contribution in [-0.2, 0) is 6.54 Å². The van der Waals surface area contributed by atoms with E-state index in [-0.39, 0.29) is 0 Å². The molecule has 0 aliphatic rings. The van der Waals surface area contributed by atoms with Gasteiger partial charge in [0.25, 0.3) is 0 Å². The van der Waals surface area contributed by atoms with E-state index in [0.29, 0.717) is 0 Å². The molecule has 0 radical (unpaired) electrons. The Balaban J connectivity index is 2.25. The zero-order valence-electron chi connectivity index (χ0n) is 11.2. The number of benzene rings is 1. The average molecular weight is 320 g/mol. The summed E-state index contributed by atoms with van der Waals surface area (Å²) in [5.41, 5.74) is 8.99. The van der Waals surface area contributed by atoms with Crippen LogP contribution in [0, 0.1) is 6.92 Å². The van der Waals surface area contributed by atoms with Gasteiger partial charge in [0.1, 0.15) is 5.82 Å². The quantitative estimate of drug-likeness (QED) is 0.872. The molecular formula is C15H18BrN3. The summed E-state index contributed by atoms with van der Waals surface area (Å²) in [6.45, 7) is 5.94. The van der Waals surface area contributed by atoms with Gasteiger partial charge >= 0.3 is 0 Å². The highest BCUT2D eigenvalue weighted by Crippen LogP contribution is 2.22. The Bertz CT molecular complexity index is 569. The molecule has 4 heteroatoms. The van der Waals surface area contributed by atoms with Gasteiger partial charge in [-0.25, -0.2) is 4.98 Å². The summed E-state index contributed by atoms with van der Waals surface area (Å²) in [5, 5.41) is 0. The molecule has 2 rings (SSSR count). The zero-order valence-corrected chi connectivity index (χ0v) is 12.8. The summed E-state index contributed by atoms with van der Waals surface area (Å²) in [4.78, 5) is 6.76. The minimum atomic E-state index is 0.800. The summed E-state index contributed by atoms with van der Waals surface area (Å²) in [6, 6.07) is 10.1. The number of nitrogens with two attached hydrogens (primary N) is 1. The van der Waals surface area contributed by atoms with Gasteiger partial charge in [-0.15, -0.1) is 0 Å². The minimum absolute atomic E-state index is 0.800. The van der Waals surface area contributed by atoms with Crippen LogP contribution < -0.4 is 10.6 Å². The fraction of sp³-hybridized carbons (Fsp3) is 0.267. The lowest BCUT2D eigenvalue weighted by atomic mass is 10.2. The molecule has 0 saturated heterocycles. The van der Waals surface area contributed by atoms with Crippen LogP contribution in [0.15, 0.2) is 41.0 Å². The van der Waals surface area contributed by atoms with E-state index in [0.717, 1.165) is 29.1 Å². The molecule has 0 unspecified atom stereocenters. The molecule has 3 nitrogen and oxygen atoms in total. The van der Waals surface area contributed by atoms with Crippen LogP contribution in [-0.4, -0.2) is 11.5 Å². The molecule has 0 aliphatic carbocycles. The molecule has 0 bridgehead atoms. The first-order valence-corrected chi connectivity index (χ1v) is 7.11. The number of aromatic nitrogens is 1. The summed E-state index contributed by atoms with van der Waals surface area (Å²) in [6.07, 6.45) is 1.84. The number of halogens is 1. The highest BCUT2D eigenvalue weighted by Gasteiger charge is 2.10. The van der Waals surface area contributed by atoms with E-state index in [4.69, 9.17) is 5.73 Å². The smallest absolute Gasteiger partial charge is 0.131 e. The molecule has 0 saturated carbocycles. The van der Waals surface area contributed by atoms with Gasteiger partial charge < -0.3 is 10.6 Å². The Morgan fingerprint density at radius 1 is 1.32 bits per heavy atom. The third-order valence-corrected chi connectivity index (χ3v) is 3.46. The highest BCUT2D eigenvalue weighted by molar-refractivity contribution is 9.10. The van der Waals surface area contributed by atoms with Crippen molar-refractivity contribution in [2.75, 3.05) is 17.2 Å². The fourth-order valence-electron chi connectivity index (χ4n) is 2.11. The van der Waals surface area contributed by atoms with Crippen LogP contribution in [0.1, 0.15) is 18.1 Å². The number of nitrogens with zero attached hydrogens (tertiary/aromatic N) is 2. The van der Waals surface area contributed by atoms with Crippen molar-refractivity contribution in [3.05, 3.63) is 52.1 Å². The van der Waals surface area contributed by atoms with Crippen molar-refractivity contribution in [1.29, 1.82) is 0 Å². The van der Waals surface area contributed by atoms with Crippen molar-refractivity contribution < 1.29 is 0 Å². The van der Waals surface area contributed by atoms with Crippen LogP contribution in [0.4, 0.5) is 11.5 Å². The van der Waals surface area contributed by atoms with Gasteiger partial charge in [0.2, 0.25) is 0 Å². The first kappa shape index (κ1) is 13.9. The van der Waals surface area contributed by atoms with Crippen molar-refractivity contribution in [2.45, 2.75) is 20.4 Å². The van der Waals surface area contributed by atoms with Gasteiger partial charge in [0, 0.05) is 29.4 Å². The van der Waals surface area contributed by atoms with Crippen LogP contribution in [0.2, 0.25) is 0 Å². The second-order valence-electron chi connectivity index (χ2n) is 4.55. The number of nitrogen functional groups attached to an aromatic ring is 1. The predicted octanol–water partition coefficient (Wildman–Crippen LogP) is 3.76. The van der Waals surface area contributed by atoms with E-state index in [1.54, 1.807) is 0 Å². The maximum Gasteiger partial charge on any atom is 0.131 e. The molecule has 2 aromatic rings. The average Bonchev–Trinajstić information content (AvgIpc) is 2.37. The Labute approximate surface area is 122 Å². The number of aryl methyl sites for hydroxylation is 1. The molecule has 0 aliphatic heterocycles. The monoisotopic (exact) mass is 319 g/mol. The Kier molecular flexibility index (Phi) is 4.43. The number of rotatable bonds is 4. The van der Waals surface area contributed by atoms with Gasteiger partial charge in [0.15, 0.2) is 0 Å². The standard InChI is InChI=1S/C15H18BrN3/c1-3-19(10-12-5-4-6-14(17)8-12)15-11(2)7-13(16)9-18-15/h4-9H,3,10,17H2,1-2H3. The Morgan fingerprint density at radius 3 is 2.74 bits per heavy atom. The second-order valence-corrected chi connectivity index (χ2v) is 5.47. The van der Waals surface area contributed by atoms with Crippen molar-refractivity contribution in [3.8, 4) is 0 Å². The lowest BCUT2D eigenvalue weighted by Gasteiger charge is -2.24. The largest absolute Gasteiger partial charge is 0.399 e. The van der Waals surface area contributed by atoms with E-state index in [1.807, 2.05) is 24.4 Å². The summed E-state index contributed by atoms with van der Waals surface area (Å²) in [7, 11) is 0. The molecule has 0 fully saturated rings. The zero-order chi connectivity index (χ0) is 13.8. The van der Waals surface area contributed by atoms with Gasteiger partial charge in [-0.1, -0.05) is 12.1 Å². The van der Waals surface area contributed by atoms with Gasteiger partial charge in [-0.05, 0) is 59.1 Å². The molecule has 1 aromatic carbocycles. The molecule has 0 spiro atoms. The summed E-state index contributed by atoms with van der Waals surface area (Å²) in [5.74, 6) is 1.02. The molecular weight excluding hydrogens is 302 g/mol. The van der Waals surface area contributed by atoms with Gasteiger partial charge in [-0.2, -0.15) is 0 Å². The number of hydrogen-bond donors (Lipinski definition) is 1. The van der Waals surface area contributed by atoms with Crippen LogP contribution in [0.3, 0.4) is 0 Å².